The van der Waals surface area contributed by atoms with Gasteiger partial charge >= 0.3 is 73.4 Å². The minimum absolute atomic E-state index is 0.613. The summed E-state index contributed by atoms with van der Waals surface area (Å²) in [7, 11) is 0. The number of rotatable bonds is 0. The number of benzene rings is 1. The Labute approximate surface area is 73.4 Å². The fraction of sp³-hybridized carbons (Fsp3) is 0. The van der Waals surface area contributed by atoms with E-state index < -0.39 is 0 Å². The van der Waals surface area contributed by atoms with Crippen LogP contribution in [0.25, 0.3) is 0 Å². The summed E-state index contributed by atoms with van der Waals surface area (Å²) >= 11 is 13.3. The van der Waals surface area contributed by atoms with E-state index in [2.05, 4.69) is 0 Å². The summed E-state index contributed by atoms with van der Waals surface area (Å²) in [6, 6.07) is 5.55. The Balaban J connectivity index is 3.17. The van der Waals surface area contributed by atoms with E-state index in [1.807, 2.05) is 29.8 Å². The maximum atomic E-state index is 5.68. The first-order chi connectivity index (χ1) is 4.20. The van der Waals surface area contributed by atoms with Crippen LogP contribution >= 0.6 is 23.2 Å². The third-order valence-corrected chi connectivity index (χ3v) is 1.81. The van der Waals surface area contributed by atoms with Gasteiger partial charge < -0.3 is 0 Å². The van der Waals surface area contributed by atoms with Crippen LogP contribution in [0.4, 0.5) is 0 Å². The fourth-order valence-corrected chi connectivity index (χ4v) is 0.954. The monoisotopic (exact) mass is 152 g/mol. The first kappa shape index (κ1) is 7.50. The summed E-state index contributed by atoms with van der Waals surface area (Å²) in [6.45, 7) is 0. The molecule has 0 spiro atoms. The van der Waals surface area contributed by atoms with Crippen molar-refractivity contribution in [3.05, 3.63) is 28.2 Å². The van der Waals surface area contributed by atoms with Crippen LogP contribution in [0.5, 0.6) is 0 Å². The molecule has 3 heteroatoms. The van der Waals surface area contributed by atoms with Gasteiger partial charge in [0.15, 0.2) is 0 Å². The zero-order chi connectivity index (χ0) is 6.85. The van der Waals surface area contributed by atoms with E-state index in [-0.39, 0.29) is 0 Å². The van der Waals surface area contributed by atoms with Crippen molar-refractivity contribution in [1.82, 2.24) is 0 Å². The van der Waals surface area contributed by atoms with E-state index in [4.69, 9.17) is 23.2 Å². The first-order valence-corrected chi connectivity index (χ1v) is 3.37. The number of hydrogen-bond donors (Lipinski definition) is 0. The molecule has 42 valence electrons. The van der Waals surface area contributed by atoms with E-state index in [0.29, 0.717) is 10.0 Å². The molecule has 0 radical (unpaired) electrons. The van der Waals surface area contributed by atoms with Gasteiger partial charge in [0, 0.05) is 0 Å². The van der Waals surface area contributed by atoms with E-state index in [1.54, 1.807) is 6.07 Å². The Morgan fingerprint density at radius 3 is 2.22 bits per heavy atom. The molecular weight excluding hydrogens is 150 g/mol. The third kappa shape index (κ3) is 1.91. The van der Waals surface area contributed by atoms with Crippen LogP contribution in [0.2, 0.25) is 10.0 Å². The molecular formula is C6H3Cl2Li. The summed E-state index contributed by atoms with van der Waals surface area (Å²) < 4.78 is 1.13. The molecule has 0 fully saturated rings. The van der Waals surface area contributed by atoms with Crippen molar-refractivity contribution in [2.75, 3.05) is 0 Å². The molecule has 0 aliphatic rings. The van der Waals surface area contributed by atoms with Gasteiger partial charge in [-0.1, -0.05) is 0 Å². The van der Waals surface area contributed by atoms with Crippen molar-refractivity contribution in [2.45, 2.75) is 0 Å². The molecule has 0 aliphatic heterocycles. The Morgan fingerprint density at radius 1 is 1.11 bits per heavy atom. The molecule has 1 aromatic rings. The Bertz CT molecular complexity index is 222. The molecule has 0 heterocycles. The van der Waals surface area contributed by atoms with Gasteiger partial charge in [0.25, 0.3) is 0 Å². The van der Waals surface area contributed by atoms with Crippen molar-refractivity contribution in [2.24, 2.45) is 0 Å². The summed E-state index contributed by atoms with van der Waals surface area (Å²) in [5, 5.41) is 1.24. The summed E-state index contributed by atoms with van der Waals surface area (Å²) in [4.78, 5) is 0. The van der Waals surface area contributed by atoms with Gasteiger partial charge in [-0.25, -0.2) is 0 Å². The summed E-state index contributed by atoms with van der Waals surface area (Å²) in [5.74, 6) is 0. The average Bonchev–Trinajstić information content (AvgIpc) is 1.80. The molecule has 0 N–H and O–H groups in total. The van der Waals surface area contributed by atoms with Crippen LogP contribution in [0, 0.1) is 0 Å². The van der Waals surface area contributed by atoms with Gasteiger partial charge in [-0.05, 0) is 0 Å². The zero-order valence-corrected chi connectivity index (χ0v) is 6.50. The van der Waals surface area contributed by atoms with Crippen molar-refractivity contribution < 1.29 is 0 Å². The molecule has 0 nitrogen and oxygen atoms in total. The Morgan fingerprint density at radius 2 is 1.78 bits per heavy atom. The predicted octanol–water partition coefficient (Wildman–Crippen LogP) is 1.79. The van der Waals surface area contributed by atoms with Crippen molar-refractivity contribution in [3.8, 4) is 0 Å². The molecule has 0 bridgehead atoms. The first-order valence-electron chi connectivity index (χ1n) is 2.62. The van der Waals surface area contributed by atoms with Crippen LogP contribution in [0.1, 0.15) is 0 Å². The third-order valence-electron chi connectivity index (χ3n) is 1.08. The van der Waals surface area contributed by atoms with Crippen LogP contribution in [-0.2, 0) is 0 Å². The van der Waals surface area contributed by atoms with Crippen LogP contribution in [0.3, 0.4) is 0 Å². The van der Waals surface area contributed by atoms with Gasteiger partial charge in [0.2, 0.25) is 0 Å². The predicted molar refractivity (Wildman–Crippen MR) is 41.9 cm³/mol. The Kier molecular flexibility index (Phi) is 2.49. The topological polar surface area (TPSA) is 0 Å². The zero-order valence-electron chi connectivity index (χ0n) is 4.99. The molecule has 9 heavy (non-hydrogen) atoms. The molecule has 0 unspecified atom stereocenters. The van der Waals surface area contributed by atoms with Gasteiger partial charge in [0.1, 0.15) is 0 Å². The van der Waals surface area contributed by atoms with Gasteiger partial charge in [-0.3, -0.25) is 0 Å². The normalized spacial score (nSPS) is 9.78. The molecule has 0 atom stereocenters. The van der Waals surface area contributed by atoms with Crippen LogP contribution < -0.4 is 4.24 Å². The Hall–Kier alpha value is 0.397. The molecule has 1 aromatic carbocycles. The maximum absolute atomic E-state index is 5.68. The van der Waals surface area contributed by atoms with E-state index in [1.165, 1.54) is 0 Å². The second-order valence-electron chi connectivity index (χ2n) is 1.92. The van der Waals surface area contributed by atoms with Gasteiger partial charge in [0.05, 0.1) is 0 Å². The molecule has 0 aliphatic carbocycles. The number of hydrogen-bond acceptors (Lipinski definition) is 0. The van der Waals surface area contributed by atoms with Crippen LogP contribution in [-0.4, -0.2) is 17.7 Å². The van der Waals surface area contributed by atoms with Crippen molar-refractivity contribution in [3.63, 3.8) is 0 Å². The minimum atomic E-state index is 0.613. The van der Waals surface area contributed by atoms with Crippen molar-refractivity contribution in [1.29, 1.82) is 0 Å². The van der Waals surface area contributed by atoms with E-state index in [9.17, 15) is 0 Å². The second kappa shape index (κ2) is 2.99. The second-order valence-corrected chi connectivity index (χ2v) is 2.73. The molecule has 0 saturated heterocycles. The van der Waals surface area contributed by atoms with E-state index >= 15 is 0 Å². The average molecular weight is 153 g/mol. The van der Waals surface area contributed by atoms with Gasteiger partial charge in [-0.2, -0.15) is 0 Å². The molecule has 0 saturated carbocycles. The number of halogens is 2. The molecule has 1 rings (SSSR count). The molecule has 0 aromatic heterocycles. The fourth-order valence-electron chi connectivity index (χ4n) is 0.601. The SMILES string of the molecule is [Li][c]1ccc(Cl)c(Cl)c1. The van der Waals surface area contributed by atoms with Crippen molar-refractivity contribution >= 4 is 45.2 Å². The summed E-state index contributed by atoms with van der Waals surface area (Å²) in [5.41, 5.74) is 0. The van der Waals surface area contributed by atoms with Gasteiger partial charge in [-0.15, -0.1) is 0 Å². The molecule has 0 amide bonds. The summed E-state index contributed by atoms with van der Waals surface area (Å²) in [6.07, 6.45) is 0. The quantitative estimate of drug-likeness (QED) is 0.498. The standard InChI is InChI=1S/C6H3Cl2.Li/c7-5-3-1-2-4-6(5)8;/h1,3-4H;. The van der Waals surface area contributed by atoms with E-state index in [0.717, 1.165) is 4.24 Å². The van der Waals surface area contributed by atoms with Crippen LogP contribution in [0.15, 0.2) is 18.2 Å².